The third-order valence-electron chi connectivity index (χ3n) is 7.02. The fourth-order valence-electron chi connectivity index (χ4n) is 5.34. The Morgan fingerprint density at radius 2 is 1.31 bits per heavy atom. The van der Waals surface area contributed by atoms with Crippen LogP contribution < -0.4 is 9.64 Å². The van der Waals surface area contributed by atoms with Crippen molar-refractivity contribution < 1.29 is 4.74 Å². The number of para-hydroxylation sites is 2. The highest BCUT2D eigenvalue weighted by atomic mass is 16.5. The van der Waals surface area contributed by atoms with Crippen molar-refractivity contribution in [3.63, 3.8) is 0 Å². The lowest BCUT2D eigenvalue weighted by Gasteiger charge is -2.43. The Hall–Kier alpha value is -4.25. The molecule has 5 heteroatoms. The first-order valence-electron chi connectivity index (χ1n) is 12.3. The molecule has 3 aromatic carbocycles. The maximum absolute atomic E-state index is 6.73. The van der Waals surface area contributed by atoms with Crippen LogP contribution in [0.15, 0.2) is 109 Å². The maximum Gasteiger partial charge on any atom is 0.234 e. The molecule has 1 atom stereocenters. The standard InChI is InChI=1S/C31H28N4O/c1-30(2)26-20-12-13-21-31(26,3)36-25-19-11-10-18-24(25)35(30)29-33-27(22-14-6-4-7-15-22)32-28(34-29)23-16-8-5-9-17-23/h4-20H,21H2,1-3H3. The summed E-state index contributed by atoms with van der Waals surface area (Å²) in [5, 5.41) is 0. The van der Waals surface area contributed by atoms with Crippen LogP contribution in [0.2, 0.25) is 0 Å². The predicted molar refractivity (Wildman–Crippen MR) is 144 cm³/mol. The Labute approximate surface area is 211 Å². The molecular formula is C31H28N4O. The molecule has 6 rings (SSSR count). The predicted octanol–water partition coefficient (Wildman–Crippen LogP) is 7.16. The summed E-state index contributed by atoms with van der Waals surface area (Å²) in [5.74, 6) is 2.68. The lowest BCUT2D eigenvalue weighted by Crippen LogP contribution is -2.50. The Kier molecular flexibility index (Phi) is 5.22. The minimum absolute atomic E-state index is 0.472. The van der Waals surface area contributed by atoms with Crippen molar-refractivity contribution in [3.05, 3.63) is 109 Å². The van der Waals surface area contributed by atoms with E-state index in [1.54, 1.807) is 0 Å². The van der Waals surface area contributed by atoms with Crippen LogP contribution in [0.1, 0.15) is 27.2 Å². The number of nitrogens with zero attached hydrogens (tertiary/aromatic N) is 4. The molecule has 0 amide bonds. The van der Waals surface area contributed by atoms with Gasteiger partial charge >= 0.3 is 0 Å². The summed E-state index contributed by atoms with van der Waals surface area (Å²) in [6, 6.07) is 28.3. The second-order valence-corrected chi connectivity index (χ2v) is 9.92. The fraction of sp³-hybridized carbons (Fsp3) is 0.194. The van der Waals surface area contributed by atoms with E-state index in [0.29, 0.717) is 17.6 Å². The highest BCUT2D eigenvalue weighted by molar-refractivity contribution is 5.73. The Bertz CT molecular complexity index is 1420. The molecule has 0 saturated carbocycles. The Morgan fingerprint density at radius 3 is 1.94 bits per heavy atom. The molecule has 5 nitrogen and oxygen atoms in total. The minimum Gasteiger partial charge on any atom is -0.481 e. The van der Waals surface area contributed by atoms with E-state index in [-0.39, 0.29) is 0 Å². The smallest absolute Gasteiger partial charge is 0.234 e. The van der Waals surface area contributed by atoms with Gasteiger partial charge in [-0.2, -0.15) is 9.97 Å². The van der Waals surface area contributed by atoms with Crippen molar-refractivity contribution in [2.75, 3.05) is 4.90 Å². The van der Waals surface area contributed by atoms with E-state index in [4.69, 9.17) is 19.7 Å². The molecule has 2 heterocycles. The first-order chi connectivity index (χ1) is 17.5. The number of fused-ring (bicyclic) bond motifs is 2. The summed E-state index contributed by atoms with van der Waals surface area (Å²) in [6.45, 7) is 6.61. The topological polar surface area (TPSA) is 51.1 Å². The molecule has 0 spiro atoms. The Balaban J connectivity index is 1.63. The van der Waals surface area contributed by atoms with Crippen molar-refractivity contribution >= 4 is 11.6 Å². The molecule has 0 N–H and O–H groups in total. The molecule has 4 aromatic rings. The molecule has 1 aliphatic heterocycles. The lowest BCUT2D eigenvalue weighted by atomic mass is 9.76. The molecule has 0 bridgehead atoms. The number of hydrogen-bond donors (Lipinski definition) is 0. The molecule has 178 valence electrons. The van der Waals surface area contributed by atoms with Crippen LogP contribution in [-0.2, 0) is 0 Å². The summed E-state index contributed by atoms with van der Waals surface area (Å²) in [4.78, 5) is 17.2. The minimum atomic E-state index is -0.477. The fourth-order valence-corrected chi connectivity index (χ4v) is 5.34. The van der Waals surface area contributed by atoms with E-state index in [1.807, 2.05) is 78.9 Å². The zero-order chi connectivity index (χ0) is 24.8. The summed E-state index contributed by atoms with van der Waals surface area (Å²) in [5.41, 5.74) is 3.05. The van der Waals surface area contributed by atoms with Gasteiger partial charge in [-0.1, -0.05) is 91.0 Å². The molecule has 36 heavy (non-hydrogen) atoms. The summed E-state index contributed by atoms with van der Waals surface area (Å²) >= 11 is 0. The van der Waals surface area contributed by atoms with Crippen LogP contribution >= 0.6 is 0 Å². The quantitative estimate of drug-likeness (QED) is 0.317. The zero-order valence-electron chi connectivity index (χ0n) is 20.7. The van der Waals surface area contributed by atoms with Crippen LogP contribution in [0.4, 0.5) is 11.6 Å². The van der Waals surface area contributed by atoms with Gasteiger partial charge in [-0.25, -0.2) is 4.98 Å². The van der Waals surface area contributed by atoms with Crippen molar-refractivity contribution in [2.24, 2.45) is 0 Å². The average Bonchev–Trinajstić information content (AvgIpc) is 2.98. The SMILES string of the molecule is CC12CC=CC=C1C(C)(C)N(c1nc(-c3ccccc3)nc(-c3ccccc3)n1)c1ccccc1O2. The van der Waals surface area contributed by atoms with Gasteiger partial charge in [0.1, 0.15) is 11.4 Å². The van der Waals surface area contributed by atoms with Gasteiger partial charge in [0.15, 0.2) is 11.6 Å². The second-order valence-electron chi connectivity index (χ2n) is 9.92. The van der Waals surface area contributed by atoms with Gasteiger partial charge in [0.2, 0.25) is 5.95 Å². The van der Waals surface area contributed by atoms with Gasteiger partial charge in [-0.15, -0.1) is 0 Å². The molecular weight excluding hydrogens is 444 g/mol. The van der Waals surface area contributed by atoms with Crippen LogP contribution in [-0.4, -0.2) is 26.1 Å². The number of benzene rings is 3. The molecule has 0 saturated heterocycles. The van der Waals surface area contributed by atoms with Gasteiger partial charge in [-0.05, 0) is 38.5 Å². The number of allylic oxidation sites excluding steroid dienone is 2. The van der Waals surface area contributed by atoms with Gasteiger partial charge in [0.25, 0.3) is 0 Å². The van der Waals surface area contributed by atoms with E-state index in [2.05, 4.69) is 50.0 Å². The van der Waals surface area contributed by atoms with Crippen LogP contribution in [0.25, 0.3) is 22.8 Å². The summed E-state index contributed by atoms with van der Waals surface area (Å²) in [6.07, 6.45) is 7.27. The molecule has 2 aliphatic rings. The van der Waals surface area contributed by atoms with Crippen molar-refractivity contribution in [1.82, 2.24) is 15.0 Å². The number of rotatable bonds is 3. The maximum atomic E-state index is 6.73. The van der Waals surface area contributed by atoms with Crippen LogP contribution in [0, 0.1) is 0 Å². The van der Waals surface area contributed by atoms with Gasteiger partial charge in [-0.3, -0.25) is 4.90 Å². The monoisotopic (exact) mass is 472 g/mol. The van der Waals surface area contributed by atoms with Crippen LogP contribution in [0.3, 0.4) is 0 Å². The molecule has 1 aliphatic carbocycles. The highest BCUT2D eigenvalue weighted by Crippen LogP contribution is 2.50. The van der Waals surface area contributed by atoms with E-state index in [9.17, 15) is 0 Å². The van der Waals surface area contributed by atoms with Gasteiger partial charge in [0, 0.05) is 17.5 Å². The summed E-state index contributed by atoms with van der Waals surface area (Å²) < 4.78 is 6.73. The largest absolute Gasteiger partial charge is 0.481 e. The van der Waals surface area contributed by atoms with E-state index >= 15 is 0 Å². The van der Waals surface area contributed by atoms with E-state index in [0.717, 1.165) is 29.0 Å². The highest BCUT2D eigenvalue weighted by Gasteiger charge is 2.48. The second kappa shape index (κ2) is 8.45. The third-order valence-corrected chi connectivity index (χ3v) is 7.02. The normalized spacial score (nSPS) is 20.0. The first kappa shape index (κ1) is 22.2. The number of ether oxygens (including phenoxy) is 1. The third kappa shape index (κ3) is 3.68. The van der Waals surface area contributed by atoms with Crippen molar-refractivity contribution in [3.8, 4) is 28.5 Å². The number of hydrogen-bond acceptors (Lipinski definition) is 5. The number of aromatic nitrogens is 3. The van der Waals surface area contributed by atoms with E-state index < -0.39 is 11.1 Å². The molecule has 0 radical (unpaired) electrons. The van der Waals surface area contributed by atoms with Crippen molar-refractivity contribution in [1.29, 1.82) is 0 Å². The van der Waals surface area contributed by atoms with Crippen LogP contribution in [0.5, 0.6) is 5.75 Å². The molecule has 1 unspecified atom stereocenters. The molecule has 0 fully saturated rings. The first-order valence-corrected chi connectivity index (χ1v) is 12.3. The van der Waals surface area contributed by atoms with Gasteiger partial charge in [0.05, 0.1) is 11.2 Å². The van der Waals surface area contributed by atoms with E-state index in [1.165, 1.54) is 5.57 Å². The van der Waals surface area contributed by atoms with Crippen molar-refractivity contribution in [2.45, 2.75) is 38.3 Å². The lowest BCUT2D eigenvalue weighted by molar-refractivity contribution is 0.123. The Morgan fingerprint density at radius 1 is 0.722 bits per heavy atom. The summed E-state index contributed by atoms with van der Waals surface area (Å²) in [7, 11) is 0. The molecule has 1 aromatic heterocycles. The average molecular weight is 473 g/mol. The number of anilines is 2. The van der Waals surface area contributed by atoms with Gasteiger partial charge < -0.3 is 4.74 Å². The zero-order valence-corrected chi connectivity index (χ0v) is 20.7.